The van der Waals surface area contributed by atoms with E-state index in [1.165, 1.54) is 0 Å². The second-order valence-corrected chi connectivity index (χ2v) is 8.07. The second kappa shape index (κ2) is 10.4. The van der Waals surface area contributed by atoms with E-state index in [2.05, 4.69) is 6.07 Å². The third-order valence-electron chi connectivity index (χ3n) is 5.95. The van der Waals surface area contributed by atoms with Crippen LogP contribution in [-0.4, -0.2) is 68.6 Å². The van der Waals surface area contributed by atoms with Gasteiger partial charge in [-0.3, -0.25) is 9.59 Å². The highest BCUT2D eigenvalue weighted by atomic mass is 16.5. The third kappa shape index (κ3) is 5.33. The molecule has 3 rings (SSSR count). The van der Waals surface area contributed by atoms with Crippen LogP contribution in [0.25, 0.3) is 0 Å². The van der Waals surface area contributed by atoms with Gasteiger partial charge in [-0.25, -0.2) is 0 Å². The first-order valence-electron chi connectivity index (χ1n) is 10.8. The van der Waals surface area contributed by atoms with Gasteiger partial charge in [-0.2, -0.15) is 0 Å². The largest absolute Gasteiger partial charge is 0.497 e. The van der Waals surface area contributed by atoms with Crippen LogP contribution in [0.15, 0.2) is 30.3 Å². The first-order valence-corrected chi connectivity index (χ1v) is 10.8. The van der Waals surface area contributed by atoms with E-state index in [0.29, 0.717) is 49.7 Å². The van der Waals surface area contributed by atoms with Gasteiger partial charge < -0.3 is 24.0 Å². The molecule has 0 N–H and O–H groups in total. The summed E-state index contributed by atoms with van der Waals surface area (Å²) in [5, 5.41) is 0. The van der Waals surface area contributed by atoms with Gasteiger partial charge in [-0.1, -0.05) is 12.1 Å². The zero-order chi connectivity index (χ0) is 23.3. The van der Waals surface area contributed by atoms with Crippen molar-refractivity contribution in [2.45, 2.75) is 27.2 Å². The Kier molecular flexibility index (Phi) is 7.62. The summed E-state index contributed by atoms with van der Waals surface area (Å²) < 4.78 is 16.5. The quantitative estimate of drug-likeness (QED) is 0.689. The van der Waals surface area contributed by atoms with Crippen molar-refractivity contribution in [3.8, 4) is 17.2 Å². The Morgan fingerprint density at radius 1 is 0.844 bits per heavy atom. The van der Waals surface area contributed by atoms with Crippen LogP contribution in [0.4, 0.5) is 0 Å². The summed E-state index contributed by atoms with van der Waals surface area (Å²) in [5.74, 6) is 1.75. The van der Waals surface area contributed by atoms with E-state index in [-0.39, 0.29) is 18.4 Å². The molecule has 0 saturated carbocycles. The van der Waals surface area contributed by atoms with Gasteiger partial charge >= 0.3 is 0 Å². The van der Waals surface area contributed by atoms with E-state index >= 15 is 0 Å². The summed E-state index contributed by atoms with van der Waals surface area (Å²) in [5.41, 5.74) is 3.72. The lowest BCUT2D eigenvalue weighted by Gasteiger charge is -2.23. The van der Waals surface area contributed by atoms with Crippen LogP contribution >= 0.6 is 0 Å². The third-order valence-corrected chi connectivity index (χ3v) is 5.95. The number of carbonyl (C=O) groups excluding carboxylic acids is 2. The average molecular weight is 441 g/mol. The standard InChI is InChI=1S/C25H32N2O5/c1-17-7-8-18(2)24(19(17)3)32-16-23(28)26-9-6-10-27(12-11-26)25(29)20-13-21(30-4)15-22(14-20)31-5/h7-8,13-15H,6,9-12,16H2,1-5H3. The van der Waals surface area contributed by atoms with Crippen molar-refractivity contribution in [3.05, 3.63) is 52.6 Å². The smallest absolute Gasteiger partial charge is 0.260 e. The molecule has 2 aromatic carbocycles. The summed E-state index contributed by atoms with van der Waals surface area (Å²) in [6, 6.07) is 9.21. The van der Waals surface area contributed by atoms with Crippen LogP contribution in [0.2, 0.25) is 0 Å². The number of aryl methyl sites for hydroxylation is 2. The molecule has 7 nitrogen and oxygen atoms in total. The molecule has 0 radical (unpaired) electrons. The SMILES string of the molecule is COc1cc(OC)cc(C(=O)N2CCCN(C(=O)COc3c(C)ccc(C)c3C)CC2)c1. The zero-order valence-corrected chi connectivity index (χ0v) is 19.6. The van der Waals surface area contributed by atoms with Crippen LogP contribution in [0.3, 0.4) is 0 Å². The molecular weight excluding hydrogens is 408 g/mol. The molecule has 1 fully saturated rings. The molecule has 32 heavy (non-hydrogen) atoms. The van der Waals surface area contributed by atoms with E-state index in [0.717, 1.165) is 22.4 Å². The van der Waals surface area contributed by atoms with Crippen LogP contribution in [0.1, 0.15) is 33.5 Å². The summed E-state index contributed by atoms with van der Waals surface area (Å²) in [6.45, 7) is 8.13. The second-order valence-electron chi connectivity index (χ2n) is 8.07. The molecule has 0 unspecified atom stereocenters. The van der Waals surface area contributed by atoms with Gasteiger partial charge in [0.15, 0.2) is 6.61 Å². The molecule has 2 amide bonds. The molecule has 2 aromatic rings. The van der Waals surface area contributed by atoms with Crippen molar-refractivity contribution in [2.75, 3.05) is 47.0 Å². The predicted molar refractivity (Wildman–Crippen MR) is 123 cm³/mol. The number of hydrogen-bond acceptors (Lipinski definition) is 5. The molecule has 1 aliphatic heterocycles. The van der Waals surface area contributed by atoms with Crippen molar-refractivity contribution in [1.82, 2.24) is 9.80 Å². The average Bonchev–Trinajstić information content (AvgIpc) is 3.07. The number of rotatable bonds is 6. The Bertz CT molecular complexity index is 966. The number of benzene rings is 2. The molecule has 1 aliphatic rings. The summed E-state index contributed by atoms with van der Waals surface area (Å²) in [7, 11) is 3.11. The number of carbonyl (C=O) groups is 2. The van der Waals surface area contributed by atoms with Gasteiger partial charge in [0.1, 0.15) is 17.2 Å². The number of nitrogens with zero attached hydrogens (tertiary/aromatic N) is 2. The highest BCUT2D eigenvalue weighted by Crippen LogP contribution is 2.26. The molecule has 7 heteroatoms. The molecule has 0 bridgehead atoms. The Balaban J connectivity index is 1.62. The fraction of sp³-hybridized carbons (Fsp3) is 0.440. The van der Waals surface area contributed by atoms with Crippen LogP contribution < -0.4 is 14.2 Å². The van der Waals surface area contributed by atoms with E-state index in [1.54, 1.807) is 42.2 Å². The lowest BCUT2D eigenvalue weighted by atomic mass is 10.1. The van der Waals surface area contributed by atoms with Gasteiger partial charge in [-0.15, -0.1) is 0 Å². The first kappa shape index (κ1) is 23.4. The fourth-order valence-electron chi connectivity index (χ4n) is 3.86. The van der Waals surface area contributed by atoms with Crippen molar-refractivity contribution >= 4 is 11.8 Å². The van der Waals surface area contributed by atoms with Crippen LogP contribution in [0, 0.1) is 20.8 Å². The number of amides is 2. The summed E-state index contributed by atoms with van der Waals surface area (Å²) >= 11 is 0. The highest BCUT2D eigenvalue weighted by Gasteiger charge is 2.24. The minimum atomic E-state index is -0.0984. The Labute approximate surface area is 189 Å². The Morgan fingerprint density at radius 2 is 1.44 bits per heavy atom. The van der Waals surface area contributed by atoms with Gasteiger partial charge in [-0.05, 0) is 56.0 Å². The highest BCUT2D eigenvalue weighted by molar-refractivity contribution is 5.95. The van der Waals surface area contributed by atoms with E-state index in [4.69, 9.17) is 14.2 Å². The van der Waals surface area contributed by atoms with Gasteiger partial charge in [0, 0.05) is 37.8 Å². The van der Waals surface area contributed by atoms with Crippen molar-refractivity contribution in [3.63, 3.8) is 0 Å². The van der Waals surface area contributed by atoms with E-state index < -0.39 is 0 Å². The number of ether oxygens (including phenoxy) is 3. The fourth-order valence-corrected chi connectivity index (χ4v) is 3.86. The van der Waals surface area contributed by atoms with Crippen molar-refractivity contribution in [1.29, 1.82) is 0 Å². The lowest BCUT2D eigenvalue weighted by Crippen LogP contribution is -2.39. The van der Waals surface area contributed by atoms with Gasteiger partial charge in [0.25, 0.3) is 11.8 Å². The van der Waals surface area contributed by atoms with Gasteiger partial charge in [0.2, 0.25) is 0 Å². The zero-order valence-electron chi connectivity index (χ0n) is 19.6. The van der Waals surface area contributed by atoms with Crippen molar-refractivity contribution in [2.24, 2.45) is 0 Å². The molecule has 1 heterocycles. The summed E-state index contributed by atoms with van der Waals surface area (Å²) in [4.78, 5) is 29.4. The van der Waals surface area contributed by atoms with Crippen LogP contribution in [-0.2, 0) is 4.79 Å². The maximum atomic E-state index is 13.1. The molecule has 172 valence electrons. The first-order chi connectivity index (χ1) is 15.3. The summed E-state index contributed by atoms with van der Waals surface area (Å²) in [6.07, 6.45) is 0.709. The Morgan fingerprint density at radius 3 is 2.09 bits per heavy atom. The normalized spacial score (nSPS) is 14.0. The van der Waals surface area contributed by atoms with E-state index in [9.17, 15) is 9.59 Å². The molecule has 0 aliphatic carbocycles. The lowest BCUT2D eigenvalue weighted by molar-refractivity contribution is -0.133. The predicted octanol–water partition coefficient (Wildman–Crippen LogP) is 3.38. The van der Waals surface area contributed by atoms with Crippen LogP contribution in [0.5, 0.6) is 17.2 Å². The minimum absolute atomic E-state index is 0.00778. The van der Waals surface area contributed by atoms with Crippen molar-refractivity contribution < 1.29 is 23.8 Å². The molecule has 1 saturated heterocycles. The molecule has 0 spiro atoms. The molecule has 0 atom stereocenters. The monoisotopic (exact) mass is 440 g/mol. The number of hydrogen-bond donors (Lipinski definition) is 0. The molecule has 0 aromatic heterocycles. The molecular formula is C25H32N2O5. The maximum absolute atomic E-state index is 13.1. The number of methoxy groups -OCH3 is 2. The topological polar surface area (TPSA) is 68.3 Å². The van der Waals surface area contributed by atoms with E-state index in [1.807, 2.05) is 26.8 Å². The maximum Gasteiger partial charge on any atom is 0.260 e. The van der Waals surface area contributed by atoms with Gasteiger partial charge in [0.05, 0.1) is 14.2 Å². The Hall–Kier alpha value is -3.22. The minimum Gasteiger partial charge on any atom is -0.497 e.